The van der Waals surface area contributed by atoms with Crippen molar-refractivity contribution in [1.82, 2.24) is 41.5 Å². The molecule has 1 unspecified atom stereocenters. The van der Waals surface area contributed by atoms with Gasteiger partial charge in [0.05, 0.1) is 94.0 Å². The third-order valence-electron chi connectivity index (χ3n) is 16.9. The number of carbonyl (C=O) groups is 8. The summed E-state index contributed by atoms with van der Waals surface area (Å²) in [6.07, 6.45) is 9.64. The van der Waals surface area contributed by atoms with Crippen LogP contribution in [0.4, 0.5) is 19.7 Å². The summed E-state index contributed by atoms with van der Waals surface area (Å²) in [7, 11) is 0. The molecule has 8 amide bonds. The van der Waals surface area contributed by atoms with Crippen molar-refractivity contribution in [1.29, 1.82) is 0 Å². The van der Waals surface area contributed by atoms with Gasteiger partial charge in [-0.1, -0.05) is 57.9 Å². The maximum absolute atomic E-state index is 15.4. The quantitative estimate of drug-likeness (QED) is 0.0159. The minimum Gasteiger partial charge on any atom is -0.458 e. The number of aryl methyl sites for hydroxylation is 1. The number of rotatable bonds is 34. The van der Waals surface area contributed by atoms with E-state index in [4.69, 9.17) is 43.9 Å². The molecule has 2 aliphatic carbocycles. The van der Waals surface area contributed by atoms with Crippen molar-refractivity contribution in [2.75, 3.05) is 84.4 Å². The molecule has 0 spiro atoms. The number of pyridine rings is 2. The smallest absolute Gasteiger partial charge is 0.407 e. The number of hydrogen-bond donors (Lipinski definition) is 9. The van der Waals surface area contributed by atoms with Crippen LogP contribution in [-0.4, -0.2) is 160 Å². The average molecular weight is 1310 g/mol. The molecule has 4 aliphatic rings. The van der Waals surface area contributed by atoms with Crippen LogP contribution in [0, 0.1) is 18.7 Å². The van der Waals surface area contributed by atoms with Gasteiger partial charge < -0.3 is 85.8 Å². The Morgan fingerprint density at radius 1 is 0.830 bits per heavy atom. The second kappa shape index (κ2) is 34.7. The van der Waals surface area contributed by atoms with E-state index in [-0.39, 0.29) is 107 Å². The van der Waals surface area contributed by atoms with Crippen LogP contribution in [0.5, 0.6) is 0 Å². The summed E-state index contributed by atoms with van der Waals surface area (Å²) in [4.78, 5) is 122. The summed E-state index contributed by atoms with van der Waals surface area (Å²) in [5.74, 6) is -4.12. The fourth-order valence-electron chi connectivity index (χ4n) is 11.7. The van der Waals surface area contributed by atoms with E-state index in [0.717, 1.165) is 24.8 Å². The first-order valence-corrected chi connectivity index (χ1v) is 32.2. The third kappa shape index (κ3) is 19.1. The van der Waals surface area contributed by atoms with Gasteiger partial charge in [-0.3, -0.25) is 28.8 Å². The molecule has 27 nitrogen and oxygen atoms in total. The van der Waals surface area contributed by atoms with Crippen molar-refractivity contribution in [3.05, 3.63) is 104 Å². The lowest BCUT2D eigenvalue weighted by Gasteiger charge is -2.31. The van der Waals surface area contributed by atoms with Gasteiger partial charge >= 0.3 is 18.1 Å². The number of fused-ring (bicyclic) bond motifs is 5. The monoisotopic (exact) mass is 1310 g/mol. The Kier molecular flexibility index (Phi) is 26.3. The highest BCUT2D eigenvalue weighted by atomic mass is 19.1. The third-order valence-corrected chi connectivity index (χ3v) is 16.9. The molecule has 2 aliphatic heterocycles. The maximum atomic E-state index is 15.4. The number of nitrogens with one attached hydrogen (secondary N) is 7. The van der Waals surface area contributed by atoms with Crippen molar-refractivity contribution in [2.24, 2.45) is 11.7 Å². The number of esters is 1. The molecule has 2 aromatic carbocycles. The second-order valence-corrected chi connectivity index (χ2v) is 23.8. The van der Waals surface area contributed by atoms with Crippen LogP contribution in [0.25, 0.3) is 22.3 Å². The Labute approximate surface area is 543 Å². The zero-order chi connectivity index (χ0) is 67.3. The number of halogens is 1. The van der Waals surface area contributed by atoms with Crippen LogP contribution in [0.1, 0.15) is 130 Å². The van der Waals surface area contributed by atoms with Crippen molar-refractivity contribution < 1.29 is 81.0 Å². The first-order chi connectivity index (χ1) is 45.3. The van der Waals surface area contributed by atoms with Gasteiger partial charge in [-0.05, 0) is 105 Å². The van der Waals surface area contributed by atoms with Gasteiger partial charge in [0, 0.05) is 47.8 Å². The Balaban J connectivity index is 0.736. The van der Waals surface area contributed by atoms with E-state index in [1.54, 1.807) is 58.0 Å². The molecule has 4 heterocycles. The van der Waals surface area contributed by atoms with Gasteiger partial charge in [0.25, 0.3) is 5.56 Å². The number of amides is 8. The molecule has 0 saturated heterocycles. The number of cyclic esters (lactones) is 1. The van der Waals surface area contributed by atoms with Crippen LogP contribution in [-0.2, 0) is 93.7 Å². The van der Waals surface area contributed by atoms with Crippen molar-refractivity contribution >= 4 is 64.2 Å². The fourth-order valence-corrected chi connectivity index (χ4v) is 11.7. The number of hydrogen-bond acceptors (Lipinski definition) is 18. The van der Waals surface area contributed by atoms with E-state index in [2.05, 4.69) is 43.3 Å². The molecule has 8 rings (SSSR count). The molecular formula is C66H87FN10O17. The Bertz CT molecular complexity index is 3470. The van der Waals surface area contributed by atoms with Gasteiger partial charge in [0.1, 0.15) is 44.3 Å². The minimum absolute atomic E-state index is 0.0132. The summed E-state index contributed by atoms with van der Waals surface area (Å²) < 4.78 is 55.4. The number of ether oxygens (including phenoxy) is 7. The Hall–Kier alpha value is -8.41. The summed E-state index contributed by atoms with van der Waals surface area (Å²) >= 11 is 0. The molecule has 4 aromatic rings. The van der Waals surface area contributed by atoms with Crippen LogP contribution in [0.3, 0.4) is 0 Å². The predicted octanol–water partition coefficient (Wildman–Crippen LogP) is 4.05. The zero-order valence-corrected chi connectivity index (χ0v) is 53.7. The molecule has 0 saturated carbocycles. The lowest BCUT2D eigenvalue weighted by molar-refractivity contribution is -0.172. The molecule has 28 heteroatoms. The number of nitrogens with zero attached hydrogens (tertiary/aromatic N) is 2. The van der Waals surface area contributed by atoms with Gasteiger partial charge in [-0.25, -0.2) is 23.8 Å². The number of alkyl carbamates (subject to hydrolysis) is 1. The van der Waals surface area contributed by atoms with E-state index in [9.17, 15) is 48.3 Å². The molecule has 94 heavy (non-hydrogen) atoms. The number of aromatic nitrogens is 2. The van der Waals surface area contributed by atoms with E-state index in [1.165, 1.54) is 23.5 Å². The average Bonchev–Trinajstić information content (AvgIpc) is 1.47. The number of benzene rings is 2. The lowest BCUT2D eigenvalue weighted by Crippen LogP contribution is -2.54. The van der Waals surface area contributed by atoms with Gasteiger partial charge in [-0.15, -0.1) is 0 Å². The standard InChI is InChI=1S/C66H87FN10O17/c1-5-66(87)47-32-52-59-45(35-77(52)62(83)46(47)37-93-63(66)84)57-49(20-19-44-40(4)48(67)33-51(74-59)56(44)57)73-54(79)34-71-65(86)94-36-41-15-17-42(18-16-41)72-60(81)50(14-11-22-70-64(68)85)75-61(82)58(39(2)3)76-53(78)21-24-88-26-28-90-30-31-91-29-27-89-25-23-69-55(80)38-92-43-12-9-7-6-8-10-13-43/h9,12,15-18,32-33,39,43,49-50,58,87H,5-8,10-11,13-14,19-31,34-38H2,1-4H3,(H,69,80)(H,71,86)(H,72,81)(H,73,79)(H,75,82)(H,76,78)(H3,68,70,85)/b12-9-/t43?,49-,50-,58-,66-/m0/s1. The molecule has 0 fully saturated rings. The van der Waals surface area contributed by atoms with E-state index < -0.39 is 83.4 Å². The van der Waals surface area contributed by atoms with Crippen LogP contribution < -0.4 is 48.5 Å². The van der Waals surface area contributed by atoms with Crippen LogP contribution in [0.2, 0.25) is 0 Å². The summed E-state index contributed by atoms with van der Waals surface area (Å²) in [6.45, 7) is 8.51. The molecular weight excluding hydrogens is 1220 g/mol. The number of nitrogens with two attached hydrogens (primary N) is 1. The van der Waals surface area contributed by atoms with Crippen molar-refractivity contribution in [2.45, 2.75) is 148 Å². The summed E-state index contributed by atoms with van der Waals surface area (Å²) in [6, 6.07) is 5.66. The van der Waals surface area contributed by atoms with Crippen LogP contribution in [0.15, 0.2) is 53.3 Å². The van der Waals surface area contributed by atoms with Gasteiger partial charge in [-0.2, -0.15) is 0 Å². The SMILES string of the molecule is CC[C@@]1(O)C(=O)OCc2c1cc1n(c2=O)Cc2c-1nc1cc(F)c(C)c3c1c2[C@@H](NC(=O)CNC(=O)OCc1ccc(NC(=O)[C@H](CCCNC(N)=O)NC(=O)[C@@H](NC(=O)CCOCCOCCOCCOCCNC(=O)COC2/C=C\CCCCC2)C(C)C)cc1)CC3. The molecule has 10 N–H and O–H groups in total. The molecule has 5 atom stereocenters. The first-order valence-electron chi connectivity index (χ1n) is 32.2. The maximum Gasteiger partial charge on any atom is 0.407 e. The highest BCUT2D eigenvalue weighted by Gasteiger charge is 2.46. The normalized spacial score (nSPS) is 18.0. The largest absolute Gasteiger partial charge is 0.458 e. The molecule has 0 radical (unpaired) electrons. The number of aliphatic hydroxyl groups is 1. The summed E-state index contributed by atoms with van der Waals surface area (Å²) in [5, 5.41) is 31.0. The summed E-state index contributed by atoms with van der Waals surface area (Å²) in [5.41, 5.74) is 7.22. The number of allylic oxidation sites excluding steroid dienone is 1. The topological polar surface area (TPSA) is 367 Å². The Morgan fingerprint density at radius 2 is 1.55 bits per heavy atom. The first kappa shape index (κ1) is 71.4. The second-order valence-electron chi connectivity index (χ2n) is 23.8. The Morgan fingerprint density at radius 3 is 2.27 bits per heavy atom. The van der Waals surface area contributed by atoms with E-state index in [1.807, 2.05) is 6.08 Å². The van der Waals surface area contributed by atoms with Crippen molar-refractivity contribution in [3.63, 3.8) is 0 Å². The number of carbonyl (C=O) groups excluding carboxylic acids is 8. The van der Waals surface area contributed by atoms with Gasteiger partial charge in [0.2, 0.25) is 29.5 Å². The molecule has 510 valence electrons. The van der Waals surface area contributed by atoms with Crippen LogP contribution >= 0.6 is 0 Å². The minimum atomic E-state index is -2.06. The number of urea groups is 1. The van der Waals surface area contributed by atoms with E-state index in [0.29, 0.717) is 103 Å². The number of primary amides is 1. The fraction of sp³-hybridized carbons (Fsp3) is 0.545. The lowest BCUT2D eigenvalue weighted by atomic mass is 9.81. The van der Waals surface area contributed by atoms with Gasteiger partial charge in [0.15, 0.2) is 5.60 Å². The van der Waals surface area contributed by atoms with E-state index >= 15 is 4.39 Å². The molecule has 0 bridgehead atoms. The number of anilines is 1. The predicted molar refractivity (Wildman–Crippen MR) is 340 cm³/mol. The highest BCUT2D eigenvalue weighted by molar-refractivity contribution is 5.99. The molecule has 2 aromatic heterocycles. The highest BCUT2D eigenvalue weighted by Crippen LogP contribution is 2.46. The zero-order valence-electron chi connectivity index (χ0n) is 53.7. The van der Waals surface area contributed by atoms with Crippen molar-refractivity contribution in [3.8, 4) is 11.4 Å².